The SMILES string of the molecule is CCNc1c(CSC2CCCC(C)C2)c(C)nn1C. The quantitative estimate of drug-likeness (QED) is 0.885. The van der Waals surface area contributed by atoms with Crippen LogP contribution in [0.2, 0.25) is 0 Å². The first kappa shape index (κ1) is 14.8. The molecule has 0 amide bonds. The van der Waals surface area contributed by atoms with Crippen LogP contribution in [0.1, 0.15) is 50.8 Å². The molecule has 19 heavy (non-hydrogen) atoms. The summed E-state index contributed by atoms with van der Waals surface area (Å²) in [5.74, 6) is 3.21. The van der Waals surface area contributed by atoms with Gasteiger partial charge in [-0.1, -0.05) is 19.8 Å². The average molecular weight is 281 g/mol. The van der Waals surface area contributed by atoms with Crippen LogP contribution in [0, 0.1) is 12.8 Å². The molecule has 3 nitrogen and oxygen atoms in total. The molecule has 1 aromatic rings. The van der Waals surface area contributed by atoms with Crippen LogP contribution in [0.15, 0.2) is 0 Å². The topological polar surface area (TPSA) is 29.9 Å². The van der Waals surface area contributed by atoms with Crippen molar-refractivity contribution in [3.63, 3.8) is 0 Å². The molecule has 1 aliphatic rings. The van der Waals surface area contributed by atoms with E-state index in [9.17, 15) is 0 Å². The highest BCUT2D eigenvalue weighted by Gasteiger charge is 2.21. The molecule has 2 atom stereocenters. The van der Waals surface area contributed by atoms with Gasteiger partial charge in [0, 0.05) is 30.2 Å². The Bertz CT molecular complexity index is 414. The summed E-state index contributed by atoms with van der Waals surface area (Å²) in [5.41, 5.74) is 2.57. The molecular weight excluding hydrogens is 254 g/mol. The van der Waals surface area contributed by atoms with Gasteiger partial charge < -0.3 is 5.32 Å². The minimum Gasteiger partial charge on any atom is -0.370 e. The number of thioether (sulfide) groups is 1. The van der Waals surface area contributed by atoms with Gasteiger partial charge in [-0.05, 0) is 32.6 Å². The van der Waals surface area contributed by atoms with E-state index in [1.807, 2.05) is 11.7 Å². The van der Waals surface area contributed by atoms with Crippen LogP contribution in [-0.4, -0.2) is 21.6 Å². The predicted octanol–water partition coefficient (Wildman–Crippen LogP) is 3.97. The number of hydrogen-bond donors (Lipinski definition) is 1. The number of anilines is 1. The standard InChI is InChI=1S/C15H27N3S/c1-5-16-15-14(12(3)17-18(15)4)10-19-13-8-6-7-11(2)9-13/h11,13,16H,5-10H2,1-4H3. The zero-order chi connectivity index (χ0) is 13.8. The van der Waals surface area contributed by atoms with Gasteiger partial charge in [0.15, 0.2) is 0 Å². The van der Waals surface area contributed by atoms with Crippen molar-refractivity contribution in [3.05, 3.63) is 11.3 Å². The minimum absolute atomic E-state index is 0.845. The van der Waals surface area contributed by atoms with Gasteiger partial charge in [0.1, 0.15) is 5.82 Å². The third-order valence-corrected chi connectivity index (χ3v) is 5.40. The van der Waals surface area contributed by atoms with Crippen LogP contribution in [-0.2, 0) is 12.8 Å². The molecule has 1 aromatic heterocycles. The zero-order valence-electron chi connectivity index (χ0n) is 12.7. The lowest BCUT2D eigenvalue weighted by Crippen LogP contribution is -2.15. The maximum atomic E-state index is 4.55. The number of aryl methyl sites for hydroxylation is 2. The van der Waals surface area contributed by atoms with Gasteiger partial charge in [-0.2, -0.15) is 16.9 Å². The Hall–Kier alpha value is -0.640. The Labute approximate surface area is 121 Å². The van der Waals surface area contributed by atoms with E-state index in [1.165, 1.54) is 42.8 Å². The molecule has 0 radical (unpaired) electrons. The Morgan fingerprint density at radius 2 is 2.21 bits per heavy atom. The minimum atomic E-state index is 0.845. The van der Waals surface area contributed by atoms with Crippen LogP contribution >= 0.6 is 11.8 Å². The second-order valence-electron chi connectivity index (χ2n) is 5.77. The highest BCUT2D eigenvalue weighted by molar-refractivity contribution is 7.99. The molecule has 0 aliphatic heterocycles. The first-order chi connectivity index (χ1) is 9.11. The largest absolute Gasteiger partial charge is 0.370 e. The maximum Gasteiger partial charge on any atom is 0.128 e. The summed E-state index contributed by atoms with van der Waals surface area (Å²) >= 11 is 2.13. The van der Waals surface area contributed by atoms with E-state index in [0.717, 1.165) is 23.5 Å². The van der Waals surface area contributed by atoms with E-state index in [0.29, 0.717) is 0 Å². The van der Waals surface area contributed by atoms with E-state index in [4.69, 9.17) is 0 Å². The highest BCUT2D eigenvalue weighted by Crippen LogP contribution is 2.35. The molecule has 2 rings (SSSR count). The molecule has 1 fully saturated rings. The Kier molecular flexibility index (Phi) is 5.20. The van der Waals surface area contributed by atoms with Gasteiger partial charge in [-0.15, -0.1) is 0 Å². The third-order valence-electron chi connectivity index (χ3n) is 4.04. The van der Waals surface area contributed by atoms with E-state index >= 15 is 0 Å². The van der Waals surface area contributed by atoms with Gasteiger partial charge in [-0.25, -0.2) is 0 Å². The van der Waals surface area contributed by atoms with E-state index < -0.39 is 0 Å². The predicted molar refractivity (Wildman–Crippen MR) is 84.8 cm³/mol. The molecule has 1 N–H and O–H groups in total. The van der Waals surface area contributed by atoms with Gasteiger partial charge in [-0.3, -0.25) is 4.68 Å². The second-order valence-corrected chi connectivity index (χ2v) is 7.06. The van der Waals surface area contributed by atoms with Crippen molar-refractivity contribution in [2.45, 2.75) is 57.5 Å². The second kappa shape index (κ2) is 6.69. The molecule has 4 heteroatoms. The normalized spacial score (nSPS) is 23.6. The number of nitrogens with zero attached hydrogens (tertiary/aromatic N) is 2. The summed E-state index contributed by atoms with van der Waals surface area (Å²) in [6.07, 6.45) is 5.61. The van der Waals surface area contributed by atoms with Crippen molar-refractivity contribution in [2.24, 2.45) is 13.0 Å². The molecule has 1 heterocycles. The number of hydrogen-bond acceptors (Lipinski definition) is 3. The first-order valence-corrected chi connectivity index (χ1v) is 8.54. The van der Waals surface area contributed by atoms with Crippen molar-refractivity contribution in [3.8, 4) is 0 Å². The number of nitrogens with one attached hydrogen (secondary N) is 1. The monoisotopic (exact) mass is 281 g/mol. The lowest BCUT2D eigenvalue weighted by molar-refractivity contribution is 0.394. The summed E-state index contributed by atoms with van der Waals surface area (Å²) in [4.78, 5) is 0. The molecule has 1 saturated carbocycles. The van der Waals surface area contributed by atoms with Gasteiger partial charge >= 0.3 is 0 Å². The van der Waals surface area contributed by atoms with Crippen LogP contribution in [0.3, 0.4) is 0 Å². The molecule has 0 aromatic carbocycles. The maximum absolute atomic E-state index is 4.55. The van der Waals surface area contributed by atoms with Gasteiger partial charge in [0.25, 0.3) is 0 Å². The van der Waals surface area contributed by atoms with Gasteiger partial charge in [0.05, 0.1) is 5.69 Å². The number of rotatable bonds is 5. The van der Waals surface area contributed by atoms with Crippen molar-refractivity contribution >= 4 is 17.6 Å². The summed E-state index contributed by atoms with van der Waals surface area (Å²) in [5, 5.41) is 8.84. The van der Waals surface area contributed by atoms with E-state index in [1.54, 1.807) is 0 Å². The van der Waals surface area contributed by atoms with Crippen molar-refractivity contribution < 1.29 is 0 Å². The summed E-state index contributed by atoms with van der Waals surface area (Å²) in [6.45, 7) is 7.62. The average Bonchev–Trinajstić information content (AvgIpc) is 2.63. The van der Waals surface area contributed by atoms with Crippen molar-refractivity contribution in [1.82, 2.24) is 9.78 Å². The molecule has 0 spiro atoms. The molecule has 0 bridgehead atoms. The fourth-order valence-corrected chi connectivity index (χ4v) is 4.54. The van der Waals surface area contributed by atoms with Crippen molar-refractivity contribution in [1.29, 1.82) is 0 Å². The molecular formula is C15H27N3S. The van der Waals surface area contributed by atoms with Crippen molar-refractivity contribution in [2.75, 3.05) is 11.9 Å². The first-order valence-electron chi connectivity index (χ1n) is 7.49. The molecule has 2 unspecified atom stereocenters. The Morgan fingerprint density at radius 3 is 2.89 bits per heavy atom. The van der Waals surface area contributed by atoms with Crippen LogP contribution < -0.4 is 5.32 Å². The molecule has 0 saturated heterocycles. The zero-order valence-corrected chi connectivity index (χ0v) is 13.5. The molecule has 1 aliphatic carbocycles. The Morgan fingerprint density at radius 1 is 1.42 bits per heavy atom. The van der Waals surface area contributed by atoms with E-state index in [-0.39, 0.29) is 0 Å². The molecule has 108 valence electrons. The lowest BCUT2D eigenvalue weighted by Gasteiger charge is -2.26. The van der Waals surface area contributed by atoms with Crippen LogP contribution in [0.25, 0.3) is 0 Å². The fourth-order valence-electron chi connectivity index (χ4n) is 2.99. The smallest absolute Gasteiger partial charge is 0.128 e. The van der Waals surface area contributed by atoms with E-state index in [2.05, 4.69) is 42.9 Å². The Balaban J connectivity index is 1.98. The fraction of sp³-hybridized carbons (Fsp3) is 0.800. The van der Waals surface area contributed by atoms with Crippen LogP contribution in [0.5, 0.6) is 0 Å². The number of aromatic nitrogens is 2. The lowest BCUT2D eigenvalue weighted by atomic mass is 9.91. The summed E-state index contributed by atoms with van der Waals surface area (Å²) in [6, 6.07) is 0. The third kappa shape index (κ3) is 3.68. The van der Waals surface area contributed by atoms with Crippen LogP contribution in [0.4, 0.5) is 5.82 Å². The highest BCUT2D eigenvalue weighted by atomic mass is 32.2. The van der Waals surface area contributed by atoms with Gasteiger partial charge in [0.2, 0.25) is 0 Å². The summed E-state index contributed by atoms with van der Waals surface area (Å²) < 4.78 is 1.98. The summed E-state index contributed by atoms with van der Waals surface area (Å²) in [7, 11) is 2.03.